The van der Waals surface area contributed by atoms with Gasteiger partial charge in [-0.15, -0.1) is 0 Å². The Morgan fingerprint density at radius 3 is 2.89 bits per heavy atom. The molecule has 6 nitrogen and oxygen atoms in total. The van der Waals surface area contributed by atoms with E-state index < -0.39 is 0 Å². The van der Waals surface area contributed by atoms with Crippen LogP contribution in [0, 0.1) is 5.92 Å². The summed E-state index contributed by atoms with van der Waals surface area (Å²) in [6.07, 6.45) is 2.45. The highest BCUT2D eigenvalue weighted by molar-refractivity contribution is 5.96. The van der Waals surface area contributed by atoms with Gasteiger partial charge in [-0.25, -0.2) is 0 Å². The summed E-state index contributed by atoms with van der Waals surface area (Å²) in [6, 6.07) is 0. The van der Waals surface area contributed by atoms with Crippen LogP contribution in [0.15, 0.2) is 6.20 Å². The molecule has 1 rings (SSSR count). The monoisotopic (exact) mass is 268 g/mol. The number of aryl methyl sites for hydroxylation is 1. The minimum absolute atomic E-state index is 0.228. The van der Waals surface area contributed by atoms with E-state index in [1.54, 1.807) is 10.9 Å². The van der Waals surface area contributed by atoms with Gasteiger partial charge in [0.05, 0.1) is 5.69 Å². The first kappa shape index (κ1) is 15.5. The Hall–Kier alpha value is -1.56. The van der Waals surface area contributed by atoms with Crippen LogP contribution < -0.4 is 11.1 Å². The molecule has 0 fully saturated rings. The molecule has 1 aromatic heterocycles. The van der Waals surface area contributed by atoms with Gasteiger partial charge in [-0.1, -0.05) is 13.8 Å². The fourth-order valence-electron chi connectivity index (χ4n) is 1.55. The summed E-state index contributed by atoms with van der Waals surface area (Å²) >= 11 is 0. The van der Waals surface area contributed by atoms with Crippen molar-refractivity contribution in [1.82, 2.24) is 15.1 Å². The zero-order valence-electron chi connectivity index (χ0n) is 12.0. The first-order valence-corrected chi connectivity index (χ1v) is 6.73. The van der Waals surface area contributed by atoms with Crippen LogP contribution in [-0.2, 0) is 11.3 Å². The molecule has 3 N–H and O–H groups in total. The molecule has 0 saturated carbocycles. The number of nitrogens with zero attached hydrogens (tertiary/aromatic N) is 2. The Bertz CT molecular complexity index is 401. The lowest BCUT2D eigenvalue weighted by Gasteiger charge is -2.07. The van der Waals surface area contributed by atoms with Crippen molar-refractivity contribution in [2.75, 3.05) is 25.5 Å². The predicted octanol–water partition coefficient (Wildman–Crippen LogP) is 1.28. The molecule has 0 spiro atoms. The first-order chi connectivity index (χ1) is 9.04. The van der Waals surface area contributed by atoms with Crippen molar-refractivity contribution in [3.8, 4) is 0 Å². The molecule has 0 aliphatic carbocycles. The molecule has 108 valence electrons. The largest absolute Gasteiger partial charge is 0.396 e. The number of anilines is 1. The van der Waals surface area contributed by atoms with Crippen molar-refractivity contribution in [3.63, 3.8) is 0 Å². The van der Waals surface area contributed by atoms with E-state index in [-0.39, 0.29) is 5.91 Å². The minimum atomic E-state index is -0.228. The van der Waals surface area contributed by atoms with Gasteiger partial charge >= 0.3 is 0 Å². The first-order valence-electron chi connectivity index (χ1n) is 6.73. The van der Waals surface area contributed by atoms with Crippen molar-refractivity contribution in [2.24, 2.45) is 5.92 Å². The third kappa shape index (κ3) is 5.30. The summed E-state index contributed by atoms with van der Waals surface area (Å²) in [4.78, 5) is 11.8. The molecule has 0 saturated heterocycles. The van der Waals surface area contributed by atoms with E-state index >= 15 is 0 Å². The summed E-state index contributed by atoms with van der Waals surface area (Å²) in [6.45, 7) is 8.82. The number of hydrogen-bond acceptors (Lipinski definition) is 4. The Morgan fingerprint density at radius 1 is 1.58 bits per heavy atom. The third-order valence-electron chi connectivity index (χ3n) is 2.53. The van der Waals surface area contributed by atoms with Crippen LogP contribution in [-0.4, -0.2) is 35.4 Å². The van der Waals surface area contributed by atoms with Gasteiger partial charge < -0.3 is 15.8 Å². The van der Waals surface area contributed by atoms with Crippen LogP contribution in [0.2, 0.25) is 0 Å². The number of nitrogen functional groups attached to an aromatic ring is 1. The van der Waals surface area contributed by atoms with Crippen LogP contribution in [0.3, 0.4) is 0 Å². The van der Waals surface area contributed by atoms with Gasteiger partial charge in [0.2, 0.25) is 0 Å². The second-order valence-corrected chi connectivity index (χ2v) is 4.87. The minimum Gasteiger partial charge on any atom is -0.396 e. The molecule has 0 aliphatic heterocycles. The summed E-state index contributed by atoms with van der Waals surface area (Å²) in [5.41, 5.74) is 6.44. The molecular weight excluding hydrogens is 244 g/mol. The predicted molar refractivity (Wildman–Crippen MR) is 74.9 cm³/mol. The van der Waals surface area contributed by atoms with Crippen molar-refractivity contribution in [2.45, 2.75) is 33.7 Å². The van der Waals surface area contributed by atoms with Crippen LogP contribution >= 0.6 is 0 Å². The van der Waals surface area contributed by atoms with Crippen LogP contribution in [0.5, 0.6) is 0 Å². The quantitative estimate of drug-likeness (QED) is 0.696. The van der Waals surface area contributed by atoms with Gasteiger partial charge in [0, 0.05) is 32.5 Å². The van der Waals surface area contributed by atoms with Crippen molar-refractivity contribution < 1.29 is 9.53 Å². The average Bonchev–Trinajstić information content (AvgIpc) is 2.74. The SMILES string of the molecule is CCn1cc(N)c(C(=O)NCCCOCC(C)C)n1. The van der Waals surface area contributed by atoms with Gasteiger partial charge in [0.25, 0.3) is 5.91 Å². The summed E-state index contributed by atoms with van der Waals surface area (Å²) in [7, 11) is 0. The lowest BCUT2D eigenvalue weighted by molar-refractivity contribution is 0.0920. The maximum absolute atomic E-state index is 11.8. The number of carbonyl (C=O) groups excluding carboxylic acids is 1. The number of nitrogens with two attached hydrogens (primary N) is 1. The molecule has 6 heteroatoms. The Morgan fingerprint density at radius 2 is 2.32 bits per heavy atom. The number of hydrogen-bond donors (Lipinski definition) is 2. The third-order valence-corrected chi connectivity index (χ3v) is 2.53. The zero-order chi connectivity index (χ0) is 14.3. The van der Waals surface area contributed by atoms with Crippen LogP contribution in [0.25, 0.3) is 0 Å². The molecule has 19 heavy (non-hydrogen) atoms. The molecule has 0 atom stereocenters. The molecule has 1 heterocycles. The molecule has 0 radical (unpaired) electrons. The molecule has 0 unspecified atom stereocenters. The number of amides is 1. The normalized spacial score (nSPS) is 10.9. The second-order valence-electron chi connectivity index (χ2n) is 4.87. The zero-order valence-corrected chi connectivity index (χ0v) is 12.0. The Kier molecular flexibility index (Phi) is 6.35. The Balaban J connectivity index is 2.25. The van der Waals surface area contributed by atoms with E-state index in [1.165, 1.54) is 0 Å². The second kappa shape index (κ2) is 7.78. The molecular formula is C13H24N4O2. The Labute approximate surface area is 114 Å². The van der Waals surface area contributed by atoms with E-state index in [0.717, 1.165) is 13.0 Å². The standard InChI is InChI=1S/C13H24N4O2/c1-4-17-8-11(14)12(16-17)13(18)15-6-5-7-19-9-10(2)3/h8,10H,4-7,9,14H2,1-3H3,(H,15,18). The van der Waals surface area contributed by atoms with Crippen molar-refractivity contribution >= 4 is 11.6 Å². The topological polar surface area (TPSA) is 82.2 Å². The number of aromatic nitrogens is 2. The smallest absolute Gasteiger partial charge is 0.273 e. The van der Waals surface area contributed by atoms with Crippen molar-refractivity contribution in [1.29, 1.82) is 0 Å². The van der Waals surface area contributed by atoms with Gasteiger partial charge in [-0.2, -0.15) is 5.10 Å². The van der Waals surface area contributed by atoms with Crippen LogP contribution in [0.1, 0.15) is 37.7 Å². The van der Waals surface area contributed by atoms with Crippen molar-refractivity contribution in [3.05, 3.63) is 11.9 Å². The highest BCUT2D eigenvalue weighted by Gasteiger charge is 2.13. The lowest BCUT2D eigenvalue weighted by atomic mass is 10.2. The van der Waals surface area contributed by atoms with E-state index in [4.69, 9.17) is 10.5 Å². The van der Waals surface area contributed by atoms with Crippen LogP contribution in [0.4, 0.5) is 5.69 Å². The fraction of sp³-hybridized carbons (Fsp3) is 0.692. The van der Waals surface area contributed by atoms with E-state index in [0.29, 0.717) is 37.0 Å². The highest BCUT2D eigenvalue weighted by Crippen LogP contribution is 2.08. The summed E-state index contributed by atoms with van der Waals surface area (Å²) < 4.78 is 7.08. The summed E-state index contributed by atoms with van der Waals surface area (Å²) in [5.74, 6) is 0.306. The maximum atomic E-state index is 11.8. The number of carbonyl (C=O) groups is 1. The summed E-state index contributed by atoms with van der Waals surface area (Å²) in [5, 5.41) is 6.91. The molecule has 1 amide bonds. The fourth-order valence-corrected chi connectivity index (χ4v) is 1.55. The highest BCUT2D eigenvalue weighted by atomic mass is 16.5. The molecule has 0 aliphatic rings. The molecule has 0 aromatic carbocycles. The van der Waals surface area contributed by atoms with Gasteiger partial charge in [0.15, 0.2) is 5.69 Å². The van der Waals surface area contributed by atoms with E-state index in [9.17, 15) is 4.79 Å². The molecule has 0 bridgehead atoms. The van der Waals surface area contributed by atoms with Gasteiger partial charge in [0.1, 0.15) is 0 Å². The number of rotatable bonds is 8. The van der Waals surface area contributed by atoms with E-state index in [2.05, 4.69) is 24.3 Å². The van der Waals surface area contributed by atoms with Gasteiger partial charge in [-0.3, -0.25) is 9.48 Å². The number of ether oxygens (including phenoxy) is 1. The molecule has 1 aromatic rings. The van der Waals surface area contributed by atoms with E-state index in [1.807, 2.05) is 6.92 Å². The number of nitrogens with one attached hydrogen (secondary N) is 1. The van der Waals surface area contributed by atoms with Gasteiger partial charge in [-0.05, 0) is 19.3 Å². The lowest BCUT2D eigenvalue weighted by Crippen LogP contribution is -2.26. The average molecular weight is 268 g/mol. The maximum Gasteiger partial charge on any atom is 0.273 e.